The summed E-state index contributed by atoms with van der Waals surface area (Å²) < 4.78 is 10.3. The summed E-state index contributed by atoms with van der Waals surface area (Å²) in [6.45, 7) is 0. The van der Waals surface area contributed by atoms with Crippen LogP contribution in [0.2, 0.25) is 5.02 Å². The molecular formula is C18H16ClN3O4S. The number of thioether (sulfide) groups is 1. The van der Waals surface area contributed by atoms with Crippen molar-refractivity contribution in [1.82, 2.24) is 9.88 Å². The fourth-order valence-electron chi connectivity index (χ4n) is 2.36. The van der Waals surface area contributed by atoms with E-state index in [1.807, 2.05) is 0 Å². The Labute approximate surface area is 165 Å². The van der Waals surface area contributed by atoms with Crippen molar-refractivity contribution in [1.29, 1.82) is 0 Å². The number of benzene rings is 1. The molecule has 140 valence electrons. The minimum atomic E-state index is -0.199. The lowest BCUT2D eigenvalue weighted by atomic mass is 10.1. The zero-order valence-corrected chi connectivity index (χ0v) is 16.3. The van der Waals surface area contributed by atoms with Gasteiger partial charge in [0.2, 0.25) is 5.75 Å². The number of amides is 1. The Kier molecular flexibility index (Phi) is 5.57. The van der Waals surface area contributed by atoms with Crippen LogP contribution in [0.3, 0.4) is 0 Å². The molecule has 7 nitrogen and oxygen atoms in total. The van der Waals surface area contributed by atoms with Crippen molar-refractivity contribution < 1.29 is 19.4 Å². The number of amidine groups is 1. The molecule has 0 unspecified atom stereocenters. The number of pyridine rings is 1. The second-order valence-electron chi connectivity index (χ2n) is 5.47. The predicted molar refractivity (Wildman–Crippen MR) is 106 cm³/mol. The van der Waals surface area contributed by atoms with E-state index in [1.165, 1.54) is 37.1 Å². The zero-order chi connectivity index (χ0) is 19.6. The number of methoxy groups -OCH3 is 2. The van der Waals surface area contributed by atoms with Gasteiger partial charge >= 0.3 is 0 Å². The molecule has 1 aromatic heterocycles. The van der Waals surface area contributed by atoms with Crippen molar-refractivity contribution in [2.45, 2.75) is 0 Å². The third kappa shape index (κ3) is 3.86. The quantitative estimate of drug-likeness (QED) is 0.781. The van der Waals surface area contributed by atoms with Gasteiger partial charge in [0, 0.05) is 19.4 Å². The summed E-state index contributed by atoms with van der Waals surface area (Å²) in [5.41, 5.74) is 1.18. The molecule has 2 aromatic rings. The van der Waals surface area contributed by atoms with E-state index in [4.69, 9.17) is 21.1 Å². The number of rotatable bonds is 4. The number of phenolic OH excluding ortho intramolecular Hbond substituents is 1. The van der Waals surface area contributed by atoms with Crippen molar-refractivity contribution in [3.8, 4) is 17.2 Å². The Morgan fingerprint density at radius 2 is 1.96 bits per heavy atom. The van der Waals surface area contributed by atoms with Gasteiger partial charge in [-0.25, -0.2) is 4.99 Å². The number of nitrogens with zero attached hydrogens (tertiary/aromatic N) is 3. The fraction of sp³-hybridized carbons (Fsp3) is 0.167. The number of halogens is 1. The molecule has 0 aliphatic carbocycles. The van der Waals surface area contributed by atoms with Gasteiger partial charge in [0.1, 0.15) is 0 Å². The molecule has 1 aromatic carbocycles. The number of aliphatic imine (C=N–C) groups is 1. The number of likely N-dealkylation sites (N-methyl/N-ethyl adjacent to an activating group) is 1. The largest absolute Gasteiger partial charge is 0.502 e. The summed E-state index contributed by atoms with van der Waals surface area (Å²) in [5, 5.41) is 10.9. The highest BCUT2D eigenvalue weighted by Gasteiger charge is 2.30. The smallest absolute Gasteiger partial charge is 0.266 e. The van der Waals surface area contributed by atoms with Gasteiger partial charge in [-0.3, -0.25) is 14.7 Å². The van der Waals surface area contributed by atoms with Gasteiger partial charge in [0.25, 0.3) is 5.91 Å². The zero-order valence-electron chi connectivity index (χ0n) is 14.8. The Bertz CT molecular complexity index is 936. The van der Waals surface area contributed by atoms with Gasteiger partial charge in [-0.15, -0.1) is 0 Å². The number of carbonyl (C=O) groups is 1. The molecule has 3 rings (SSSR count). The Morgan fingerprint density at radius 3 is 2.56 bits per heavy atom. The van der Waals surface area contributed by atoms with Crippen LogP contribution in [0.1, 0.15) is 5.56 Å². The second kappa shape index (κ2) is 7.89. The van der Waals surface area contributed by atoms with Gasteiger partial charge in [-0.1, -0.05) is 11.6 Å². The number of carbonyl (C=O) groups excluding carboxylic acids is 1. The SMILES string of the molecule is COc1cc(/C=C2\SC(=Nc3ccncc3Cl)N(C)C2=O)cc(OC)c1O. The van der Waals surface area contributed by atoms with Crippen molar-refractivity contribution in [2.24, 2.45) is 4.99 Å². The lowest BCUT2D eigenvalue weighted by Crippen LogP contribution is -2.23. The van der Waals surface area contributed by atoms with Crippen molar-refractivity contribution in [3.05, 3.63) is 46.1 Å². The van der Waals surface area contributed by atoms with Gasteiger partial charge in [-0.2, -0.15) is 0 Å². The standard InChI is InChI=1S/C18H16ClN3O4S/c1-22-17(24)15(27-18(22)21-12-4-5-20-9-11(12)19)8-10-6-13(25-2)16(23)14(7-10)26-3/h4-9,23H,1-3H3/b15-8-,21-18?. The van der Waals surface area contributed by atoms with Gasteiger partial charge < -0.3 is 14.6 Å². The minimum Gasteiger partial charge on any atom is -0.502 e. The van der Waals surface area contributed by atoms with Crippen LogP contribution >= 0.6 is 23.4 Å². The molecule has 0 saturated carbocycles. The van der Waals surface area contributed by atoms with E-state index in [-0.39, 0.29) is 23.2 Å². The summed E-state index contributed by atoms with van der Waals surface area (Å²) in [7, 11) is 4.53. The molecule has 2 heterocycles. The number of hydrogen-bond acceptors (Lipinski definition) is 7. The molecule has 0 radical (unpaired) electrons. The second-order valence-corrected chi connectivity index (χ2v) is 6.89. The van der Waals surface area contributed by atoms with Crippen molar-refractivity contribution in [3.63, 3.8) is 0 Å². The summed E-state index contributed by atoms with van der Waals surface area (Å²) in [5.74, 6) is 0.208. The van der Waals surface area contributed by atoms with Crippen LogP contribution in [0, 0.1) is 0 Å². The average Bonchev–Trinajstić information content (AvgIpc) is 2.92. The summed E-state index contributed by atoms with van der Waals surface area (Å²) in [6.07, 6.45) is 4.76. The van der Waals surface area contributed by atoms with E-state index in [2.05, 4.69) is 9.98 Å². The third-order valence-corrected chi connectivity index (χ3v) is 5.12. The topological polar surface area (TPSA) is 84.3 Å². The molecule has 1 aliphatic heterocycles. The Morgan fingerprint density at radius 1 is 1.30 bits per heavy atom. The summed E-state index contributed by atoms with van der Waals surface area (Å²) in [6, 6.07) is 4.91. The number of hydrogen-bond donors (Lipinski definition) is 1. The van der Waals surface area contributed by atoms with E-state index in [0.29, 0.717) is 26.3 Å². The molecule has 1 N–H and O–H groups in total. The van der Waals surface area contributed by atoms with E-state index in [0.717, 1.165) is 0 Å². The fourth-order valence-corrected chi connectivity index (χ4v) is 3.50. The van der Waals surface area contributed by atoms with Gasteiger partial charge in [0.15, 0.2) is 16.7 Å². The molecule has 0 bridgehead atoms. The Hall–Kier alpha value is -2.71. The maximum absolute atomic E-state index is 12.6. The van der Waals surface area contributed by atoms with Crippen LogP contribution in [0.4, 0.5) is 5.69 Å². The van der Waals surface area contributed by atoms with Crippen LogP contribution in [-0.2, 0) is 4.79 Å². The number of aromatic nitrogens is 1. The number of ether oxygens (including phenoxy) is 2. The minimum absolute atomic E-state index is 0.0979. The lowest BCUT2D eigenvalue weighted by Gasteiger charge is -2.09. The molecule has 1 fully saturated rings. The maximum Gasteiger partial charge on any atom is 0.266 e. The van der Waals surface area contributed by atoms with Crippen molar-refractivity contribution in [2.75, 3.05) is 21.3 Å². The number of aromatic hydroxyl groups is 1. The van der Waals surface area contributed by atoms with Gasteiger partial charge in [0.05, 0.1) is 29.8 Å². The van der Waals surface area contributed by atoms with E-state index >= 15 is 0 Å². The number of phenols is 1. The molecule has 1 amide bonds. The van der Waals surface area contributed by atoms with Gasteiger partial charge in [-0.05, 0) is 41.6 Å². The van der Waals surface area contributed by atoms with Crippen LogP contribution < -0.4 is 9.47 Å². The molecule has 9 heteroatoms. The first-order chi connectivity index (χ1) is 12.9. The summed E-state index contributed by atoms with van der Waals surface area (Å²) in [4.78, 5) is 22.9. The average molecular weight is 406 g/mol. The van der Waals surface area contributed by atoms with Crippen LogP contribution in [-0.4, -0.2) is 47.3 Å². The monoisotopic (exact) mass is 405 g/mol. The molecule has 1 aliphatic rings. The van der Waals surface area contributed by atoms with Crippen molar-refractivity contribution >= 4 is 46.2 Å². The first-order valence-corrected chi connectivity index (χ1v) is 8.94. The first kappa shape index (κ1) is 19.1. The molecular weight excluding hydrogens is 390 g/mol. The maximum atomic E-state index is 12.6. The highest BCUT2D eigenvalue weighted by atomic mass is 35.5. The van der Waals surface area contributed by atoms with Crippen LogP contribution in [0.5, 0.6) is 17.2 Å². The predicted octanol–water partition coefficient (Wildman–Crippen LogP) is 3.69. The molecule has 1 saturated heterocycles. The van der Waals surface area contributed by atoms with Crippen LogP contribution in [0.25, 0.3) is 6.08 Å². The van der Waals surface area contributed by atoms with E-state index in [1.54, 1.807) is 37.5 Å². The lowest BCUT2D eigenvalue weighted by molar-refractivity contribution is -0.121. The normalized spacial score (nSPS) is 17.0. The highest BCUT2D eigenvalue weighted by molar-refractivity contribution is 8.18. The first-order valence-electron chi connectivity index (χ1n) is 7.75. The van der Waals surface area contributed by atoms with E-state index < -0.39 is 0 Å². The van der Waals surface area contributed by atoms with Crippen LogP contribution in [0.15, 0.2) is 40.5 Å². The molecule has 0 atom stereocenters. The molecule has 27 heavy (non-hydrogen) atoms. The third-order valence-electron chi connectivity index (χ3n) is 3.77. The molecule has 0 spiro atoms. The van der Waals surface area contributed by atoms with E-state index in [9.17, 15) is 9.90 Å². The Balaban J connectivity index is 1.97. The summed E-state index contributed by atoms with van der Waals surface area (Å²) >= 11 is 7.31. The highest BCUT2D eigenvalue weighted by Crippen LogP contribution is 2.39.